The second-order valence-corrected chi connectivity index (χ2v) is 4.58. The molecule has 6 heteroatoms. The molecule has 5 nitrogen and oxygen atoms in total. The van der Waals surface area contributed by atoms with Crippen molar-refractivity contribution in [3.63, 3.8) is 0 Å². The Morgan fingerprint density at radius 2 is 1.90 bits per heavy atom. The first kappa shape index (κ1) is 14.1. The molecule has 0 fully saturated rings. The second-order valence-electron chi connectivity index (χ2n) is 4.18. The zero-order valence-corrected chi connectivity index (χ0v) is 11.3. The molecule has 20 heavy (non-hydrogen) atoms. The molecule has 104 valence electrons. The first-order chi connectivity index (χ1) is 9.56. The van der Waals surface area contributed by atoms with E-state index in [1.165, 1.54) is 6.07 Å². The summed E-state index contributed by atoms with van der Waals surface area (Å²) in [7, 11) is 0. The number of phenols is 1. The number of carboxylic acids is 1. The standard InChI is InChI=1S/C14H13ClN2O3/c15-11-5-6-12(17-13(11)14(19)20)16-8-7-9-1-3-10(18)4-2-9/h1-6,18H,7-8H2,(H,16,17)(H,19,20). The largest absolute Gasteiger partial charge is 0.508 e. The van der Waals surface area contributed by atoms with Gasteiger partial charge in [0.1, 0.15) is 11.6 Å². The number of benzene rings is 1. The predicted molar refractivity (Wildman–Crippen MR) is 76.5 cm³/mol. The fourth-order valence-corrected chi connectivity index (χ4v) is 1.87. The van der Waals surface area contributed by atoms with Gasteiger partial charge in [0.05, 0.1) is 5.02 Å². The van der Waals surface area contributed by atoms with Gasteiger partial charge in [0.25, 0.3) is 0 Å². The molecule has 0 aliphatic carbocycles. The molecular weight excluding hydrogens is 280 g/mol. The Morgan fingerprint density at radius 1 is 1.20 bits per heavy atom. The van der Waals surface area contributed by atoms with Gasteiger partial charge in [-0.05, 0) is 36.2 Å². The number of halogens is 1. The summed E-state index contributed by atoms with van der Waals surface area (Å²) in [6.07, 6.45) is 0.729. The average Bonchev–Trinajstić information content (AvgIpc) is 2.42. The van der Waals surface area contributed by atoms with Crippen LogP contribution in [0.3, 0.4) is 0 Å². The van der Waals surface area contributed by atoms with Crippen molar-refractivity contribution >= 4 is 23.4 Å². The Bertz CT molecular complexity index is 614. The van der Waals surface area contributed by atoms with Crippen LogP contribution in [-0.4, -0.2) is 27.7 Å². The average molecular weight is 293 g/mol. The van der Waals surface area contributed by atoms with Crippen molar-refractivity contribution in [3.8, 4) is 5.75 Å². The molecule has 0 unspecified atom stereocenters. The number of nitrogens with one attached hydrogen (secondary N) is 1. The highest BCUT2D eigenvalue weighted by Gasteiger charge is 2.11. The number of hydrogen-bond donors (Lipinski definition) is 3. The zero-order valence-electron chi connectivity index (χ0n) is 10.5. The molecule has 1 aromatic heterocycles. The summed E-state index contributed by atoms with van der Waals surface area (Å²) in [4.78, 5) is 14.8. The van der Waals surface area contributed by atoms with Crippen molar-refractivity contribution in [2.75, 3.05) is 11.9 Å². The Morgan fingerprint density at radius 3 is 2.55 bits per heavy atom. The first-order valence-corrected chi connectivity index (χ1v) is 6.35. The van der Waals surface area contributed by atoms with E-state index in [1.807, 2.05) is 12.1 Å². The quantitative estimate of drug-likeness (QED) is 0.789. The van der Waals surface area contributed by atoms with Crippen LogP contribution in [0.2, 0.25) is 5.02 Å². The fourth-order valence-electron chi connectivity index (χ4n) is 1.69. The highest BCUT2D eigenvalue weighted by atomic mass is 35.5. The van der Waals surface area contributed by atoms with Crippen molar-refractivity contribution in [2.24, 2.45) is 0 Å². The molecule has 3 N–H and O–H groups in total. The molecule has 0 amide bonds. The van der Waals surface area contributed by atoms with Gasteiger partial charge in [0.2, 0.25) is 0 Å². The van der Waals surface area contributed by atoms with Gasteiger partial charge in [-0.1, -0.05) is 23.7 Å². The van der Waals surface area contributed by atoms with Gasteiger partial charge in [-0.15, -0.1) is 0 Å². The maximum Gasteiger partial charge on any atom is 0.356 e. The second kappa shape index (κ2) is 6.25. The topological polar surface area (TPSA) is 82.5 Å². The van der Waals surface area contributed by atoms with Crippen molar-refractivity contribution in [1.29, 1.82) is 0 Å². The molecule has 0 aliphatic rings. The van der Waals surface area contributed by atoms with E-state index in [0.29, 0.717) is 12.4 Å². The summed E-state index contributed by atoms with van der Waals surface area (Å²) in [5.74, 6) is -0.463. The van der Waals surface area contributed by atoms with Gasteiger partial charge in [-0.25, -0.2) is 9.78 Å². The van der Waals surface area contributed by atoms with Crippen LogP contribution in [0.5, 0.6) is 5.75 Å². The number of aromatic carboxylic acids is 1. The first-order valence-electron chi connectivity index (χ1n) is 5.98. The Balaban J connectivity index is 1.96. The van der Waals surface area contributed by atoms with Crippen molar-refractivity contribution in [1.82, 2.24) is 4.98 Å². The number of hydrogen-bond acceptors (Lipinski definition) is 4. The van der Waals surface area contributed by atoms with Crippen molar-refractivity contribution < 1.29 is 15.0 Å². The van der Waals surface area contributed by atoms with Crippen LogP contribution in [0.15, 0.2) is 36.4 Å². The summed E-state index contributed by atoms with van der Waals surface area (Å²) in [6, 6.07) is 10.0. The molecule has 1 aromatic carbocycles. The third-order valence-corrected chi connectivity index (χ3v) is 3.01. The van der Waals surface area contributed by atoms with Crippen LogP contribution in [0.4, 0.5) is 5.82 Å². The highest BCUT2D eigenvalue weighted by molar-refractivity contribution is 6.33. The lowest BCUT2D eigenvalue weighted by Crippen LogP contribution is -2.09. The van der Waals surface area contributed by atoms with E-state index >= 15 is 0 Å². The van der Waals surface area contributed by atoms with Crippen molar-refractivity contribution in [2.45, 2.75) is 6.42 Å². The number of carboxylic acid groups (broad SMARTS) is 1. The van der Waals surface area contributed by atoms with Crippen LogP contribution >= 0.6 is 11.6 Å². The van der Waals surface area contributed by atoms with E-state index in [2.05, 4.69) is 10.3 Å². The zero-order chi connectivity index (χ0) is 14.5. The van der Waals surface area contributed by atoms with Gasteiger partial charge in [-0.3, -0.25) is 0 Å². The number of nitrogens with zero attached hydrogens (tertiary/aromatic N) is 1. The molecule has 0 aliphatic heterocycles. The molecule has 0 radical (unpaired) electrons. The Labute approximate surface area is 120 Å². The number of aromatic nitrogens is 1. The molecule has 0 atom stereocenters. The summed E-state index contributed by atoms with van der Waals surface area (Å²) in [5, 5.41) is 21.2. The van der Waals surface area contributed by atoms with E-state index in [4.69, 9.17) is 16.7 Å². The van der Waals surface area contributed by atoms with E-state index < -0.39 is 5.97 Å². The molecule has 0 saturated carbocycles. The van der Waals surface area contributed by atoms with Crippen LogP contribution in [0.1, 0.15) is 16.1 Å². The lowest BCUT2D eigenvalue weighted by Gasteiger charge is -2.07. The molecule has 2 rings (SSSR count). The lowest BCUT2D eigenvalue weighted by molar-refractivity contribution is 0.0691. The van der Waals surface area contributed by atoms with Gasteiger partial charge in [0, 0.05) is 6.54 Å². The minimum Gasteiger partial charge on any atom is -0.508 e. The number of carbonyl (C=O) groups is 1. The Hall–Kier alpha value is -2.27. The van der Waals surface area contributed by atoms with Gasteiger partial charge < -0.3 is 15.5 Å². The number of anilines is 1. The monoisotopic (exact) mass is 292 g/mol. The third-order valence-electron chi connectivity index (χ3n) is 2.70. The molecule has 0 saturated heterocycles. The van der Waals surface area contributed by atoms with Crippen LogP contribution < -0.4 is 5.32 Å². The van der Waals surface area contributed by atoms with Crippen LogP contribution in [0, 0.1) is 0 Å². The summed E-state index contributed by atoms with van der Waals surface area (Å²) >= 11 is 5.74. The van der Waals surface area contributed by atoms with Gasteiger partial charge in [-0.2, -0.15) is 0 Å². The molecule has 0 spiro atoms. The normalized spacial score (nSPS) is 10.2. The summed E-state index contributed by atoms with van der Waals surface area (Å²) in [6.45, 7) is 0.596. The van der Waals surface area contributed by atoms with E-state index in [-0.39, 0.29) is 16.5 Å². The van der Waals surface area contributed by atoms with Gasteiger partial charge >= 0.3 is 5.97 Å². The maximum atomic E-state index is 10.9. The molecular formula is C14H13ClN2O3. The fraction of sp³-hybridized carbons (Fsp3) is 0.143. The Kier molecular flexibility index (Phi) is 4.42. The minimum atomic E-state index is -1.16. The molecule has 1 heterocycles. The van der Waals surface area contributed by atoms with E-state index in [1.54, 1.807) is 18.2 Å². The maximum absolute atomic E-state index is 10.9. The van der Waals surface area contributed by atoms with Crippen LogP contribution in [-0.2, 0) is 6.42 Å². The highest BCUT2D eigenvalue weighted by Crippen LogP contribution is 2.17. The third kappa shape index (κ3) is 3.61. The minimum absolute atomic E-state index is 0.113. The number of phenolic OH excluding ortho intramolecular Hbond substituents is 1. The number of rotatable bonds is 5. The summed E-state index contributed by atoms with van der Waals surface area (Å²) in [5.41, 5.74) is 0.893. The van der Waals surface area contributed by atoms with E-state index in [9.17, 15) is 9.90 Å². The smallest absolute Gasteiger partial charge is 0.356 e. The van der Waals surface area contributed by atoms with E-state index in [0.717, 1.165) is 12.0 Å². The molecule has 0 bridgehead atoms. The van der Waals surface area contributed by atoms with Crippen molar-refractivity contribution in [3.05, 3.63) is 52.7 Å². The number of pyridine rings is 1. The summed E-state index contributed by atoms with van der Waals surface area (Å²) < 4.78 is 0. The molecule has 2 aromatic rings. The lowest BCUT2D eigenvalue weighted by atomic mass is 10.1. The number of aromatic hydroxyl groups is 1. The van der Waals surface area contributed by atoms with Crippen LogP contribution in [0.25, 0.3) is 0 Å². The SMILES string of the molecule is O=C(O)c1nc(NCCc2ccc(O)cc2)ccc1Cl. The predicted octanol–water partition coefficient (Wildman–Crippen LogP) is 2.79. The van der Waals surface area contributed by atoms with Gasteiger partial charge in [0.15, 0.2) is 5.69 Å².